The largest absolute Gasteiger partial charge is 0.480 e. The Morgan fingerprint density at radius 3 is 2.59 bits per heavy atom. The van der Waals surface area contributed by atoms with Crippen molar-refractivity contribution in [2.75, 3.05) is 0 Å². The van der Waals surface area contributed by atoms with Crippen LogP contribution < -0.4 is 5.32 Å². The van der Waals surface area contributed by atoms with Crippen molar-refractivity contribution >= 4 is 11.9 Å². The van der Waals surface area contributed by atoms with Crippen LogP contribution in [0.2, 0.25) is 0 Å². The van der Waals surface area contributed by atoms with Gasteiger partial charge in [-0.1, -0.05) is 0 Å². The highest BCUT2D eigenvalue weighted by atomic mass is 16.4. The van der Waals surface area contributed by atoms with Crippen LogP contribution in [-0.2, 0) is 11.3 Å². The number of carboxylic acids is 1. The molecule has 1 heterocycles. The zero-order valence-electron chi connectivity index (χ0n) is 10.4. The molecule has 0 unspecified atom stereocenters. The van der Waals surface area contributed by atoms with Gasteiger partial charge in [0.25, 0.3) is 5.91 Å². The molecule has 0 saturated heterocycles. The van der Waals surface area contributed by atoms with E-state index in [1.807, 2.05) is 6.92 Å². The van der Waals surface area contributed by atoms with Crippen molar-refractivity contribution in [1.82, 2.24) is 15.1 Å². The van der Waals surface area contributed by atoms with Crippen LogP contribution in [0.25, 0.3) is 0 Å². The average molecular weight is 239 g/mol. The highest BCUT2D eigenvalue weighted by molar-refractivity contribution is 5.96. The first-order valence-electron chi connectivity index (χ1n) is 5.38. The van der Waals surface area contributed by atoms with Gasteiger partial charge in [-0.05, 0) is 33.8 Å². The monoisotopic (exact) mass is 239 g/mol. The van der Waals surface area contributed by atoms with Gasteiger partial charge in [-0.3, -0.25) is 9.48 Å². The van der Waals surface area contributed by atoms with Gasteiger partial charge in [0.1, 0.15) is 11.2 Å². The second-order valence-corrected chi connectivity index (χ2v) is 4.37. The summed E-state index contributed by atoms with van der Waals surface area (Å²) in [6, 6.07) is 1.64. The molecule has 0 spiro atoms. The molecule has 0 aromatic carbocycles. The molecule has 1 rings (SSSR count). The Labute approximate surface area is 99.6 Å². The maximum atomic E-state index is 11.9. The normalized spacial score (nSPS) is 11.3. The first-order chi connectivity index (χ1) is 7.77. The third-order valence-electron chi connectivity index (χ3n) is 2.40. The summed E-state index contributed by atoms with van der Waals surface area (Å²) in [5, 5.41) is 15.5. The van der Waals surface area contributed by atoms with Crippen molar-refractivity contribution < 1.29 is 14.7 Å². The molecule has 1 aromatic rings. The molecule has 0 radical (unpaired) electrons. The van der Waals surface area contributed by atoms with Crippen LogP contribution in [0.5, 0.6) is 0 Å². The summed E-state index contributed by atoms with van der Waals surface area (Å²) < 4.78 is 1.54. The molecular formula is C11H17N3O3. The Kier molecular flexibility index (Phi) is 3.55. The van der Waals surface area contributed by atoms with Gasteiger partial charge in [0, 0.05) is 6.54 Å². The SMILES string of the molecule is CCn1nc(C)cc1C(=O)NC(C)(C)C(=O)O. The minimum absolute atomic E-state index is 0.374. The number of nitrogens with one attached hydrogen (secondary N) is 1. The van der Waals surface area contributed by atoms with E-state index in [1.165, 1.54) is 13.8 Å². The molecule has 0 aliphatic rings. The quantitative estimate of drug-likeness (QED) is 0.814. The lowest BCUT2D eigenvalue weighted by Gasteiger charge is -2.20. The summed E-state index contributed by atoms with van der Waals surface area (Å²) in [6.45, 7) is 7.08. The maximum absolute atomic E-state index is 11.9. The second kappa shape index (κ2) is 4.57. The fourth-order valence-corrected chi connectivity index (χ4v) is 1.37. The molecule has 0 aliphatic carbocycles. The number of aliphatic carboxylic acids is 1. The first kappa shape index (κ1) is 13.2. The lowest BCUT2D eigenvalue weighted by molar-refractivity contribution is -0.143. The van der Waals surface area contributed by atoms with E-state index in [9.17, 15) is 9.59 Å². The van der Waals surface area contributed by atoms with E-state index in [0.717, 1.165) is 5.69 Å². The van der Waals surface area contributed by atoms with E-state index >= 15 is 0 Å². The minimum atomic E-state index is -1.30. The second-order valence-electron chi connectivity index (χ2n) is 4.37. The Morgan fingerprint density at radius 1 is 1.53 bits per heavy atom. The highest BCUT2D eigenvalue weighted by Gasteiger charge is 2.30. The smallest absolute Gasteiger partial charge is 0.328 e. The molecule has 0 aliphatic heterocycles. The van der Waals surface area contributed by atoms with E-state index in [1.54, 1.807) is 17.7 Å². The Balaban J connectivity index is 2.94. The van der Waals surface area contributed by atoms with E-state index < -0.39 is 17.4 Å². The summed E-state index contributed by atoms with van der Waals surface area (Å²) in [5.74, 6) is -1.51. The zero-order chi connectivity index (χ0) is 13.2. The van der Waals surface area contributed by atoms with Crippen LogP contribution in [0.3, 0.4) is 0 Å². The van der Waals surface area contributed by atoms with Gasteiger partial charge < -0.3 is 10.4 Å². The van der Waals surface area contributed by atoms with Gasteiger partial charge in [0.2, 0.25) is 0 Å². The number of amides is 1. The molecule has 6 nitrogen and oxygen atoms in total. The molecule has 17 heavy (non-hydrogen) atoms. The standard InChI is InChI=1S/C11H17N3O3/c1-5-14-8(6-7(2)13-14)9(15)12-11(3,4)10(16)17/h6H,5H2,1-4H3,(H,12,15)(H,16,17). The number of aryl methyl sites for hydroxylation is 2. The number of hydrogen-bond donors (Lipinski definition) is 2. The lowest BCUT2D eigenvalue weighted by atomic mass is 10.1. The van der Waals surface area contributed by atoms with Crippen LogP contribution in [0.1, 0.15) is 37.0 Å². The number of hydrogen-bond acceptors (Lipinski definition) is 3. The summed E-state index contributed by atoms with van der Waals surface area (Å²) >= 11 is 0. The third-order valence-corrected chi connectivity index (χ3v) is 2.40. The van der Waals surface area contributed by atoms with Gasteiger partial charge in [0.05, 0.1) is 5.69 Å². The minimum Gasteiger partial charge on any atom is -0.480 e. The molecule has 0 fully saturated rings. The number of nitrogens with zero attached hydrogens (tertiary/aromatic N) is 2. The summed E-state index contributed by atoms with van der Waals surface area (Å²) in [6.07, 6.45) is 0. The van der Waals surface area contributed by atoms with Crippen molar-refractivity contribution in [2.24, 2.45) is 0 Å². The number of rotatable bonds is 4. The molecule has 2 N–H and O–H groups in total. The molecule has 0 bridgehead atoms. The van der Waals surface area contributed by atoms with Crippen LogP contribution in [0.4, 0.5) is 0 Å². The molecule has 6 heteroatoms. The Morgan fingerprint density at radius 2 is 2.12 bits per heavy atom. The number of carbonyl (C=O) groups excluding carboxylic acids is 1. The predicted molar refractivity (Wildman–Crippen MR) is 61.8 cm³/mol. The molecule has 0 atom stereocenters. The van der Waals surface area contributed by atoms with E-state index in [0.29, 0.717) is 12.2 Å². The average Bonchev–Trinajstić information content (AvgIpc) is 2.58. The maximum Gasteiger partial charge on any atom is 0.328 e. The van der Waals surface area contributed by atoms with E-state index in [-0.39, 0.29) is 0 Å². The number of carbonyl (C=O) groups is 2. The summed E-state index contributed by atoms with van der Waals surface area (Å²) in [7, 11) is 0. The van der Waals surface area contributed by atoms with Crippen LogP contribution in [0.15, 0.2) is 6.07 Å². The predicted octanol–water partition coefficient (Wildman–Crippen LogP) is 0.804. The fraction of sp³-hybridized carbons (Fsp3) is 0.545. The van der Waals surface area contributed by atoms with Crippen molar-refractivity contribution in [3.05, 3.63) is 17.5 Å². The van der Waals surface area contributed by atoms with Crippen LogP contribution in [-0.4, -0.2) is 32.3 Å². The van der Waals surface area contributed by atoms with Crippen molar-refractivity contribution in [3.63, 3.8) is 0 Å². The van der Waals surface area contributed by atoms with Gasteiger partial charge in [0.15, 0.2) is 0 Å². The fourth-order valence-electron chi connectivity index (χ4n) is 1.37. The van der Waals surface area contributed by atoms with Crippen LogP contribution in [0, 0.1) is 6.92 Å². The van der Waals surface area contributed by atoms with Crippen molar-refractivity contribution in [1.29, 1.82) is 0 Å². The van der Waals surface area contributed by atoms with Gasteiger partial charge in [-0.15, -0.1) is 0 Å². The highest BCUT2D eigenvalue weighted by Crippen LogP contribution is 2.08. The molecule has 1 aromatic heterocycles. The van der Waals surface area contributed by atoms with Gasteiger partial charge in [-0.25, -0.2) is 4.79 Å². The van der Waals surface area contributed by atoms with E-state index in [2.05, 4.69) is 10.4 Å². The molecular weight excluding hydrogens is 222 g/mol. The summed E-state index contributed by atoms with van der Waals surface area (Å²) in [5.41, 5.74) is -0.196. The number of carboxylic acid groups (broad SMARTS) is 1. The van der Waals surface area contributed by atoms with Gasteiger partial charge >= 0.3 is 5.97 Å². The topological polar surface area (TPSA) is 84.2 Å². The zero-order valence-corrected chi connectivity index (χ0v) is 10.4. The van der Waals surface area contributed by atoms with E-state index in [4.69, 9.17) is 5.11 Å². The molecule has 94 valence electrons. The lowest BCUT2D eigenvalue weighted by Crippen LogP contribution is -2.50. The van der Waals surface area contributed by atoms with Crippen molar-refractivity contribution in [2.45, 2.75) is 39.8 Å². The Bertz CT molecular complexity index is 449. The van der Waals surface area contributed by atoms with Crippen LogP contribution >= 0.6 is 0 Å². The van der Waals surface area contributed by atoms with Gasteiger partial charge in [-0.2, -0.15) is 5.10 Å². The molecule has 0 saturated carbocycles. The number of aromatic nitrogens is 2. The first-order valence-corrected chi connectivity index (χ1v) is 5.38. The van der Waals surface area contributed by atoms with Crippen molar-refractivity contribution in [3.8, 4) is 0 Å². The third kappa shape index (κ3) is 2.83. The Hall–Kier alpha value is -1.85. The molecule has 1 amide bonds. The summed E-state index contributed by atoms with van der Waals surface area (Å²) in [4.78, 5) is 22.8.